The van der Waals surface area contributed by atoms with Crippen LogP contribution < -0.4 is 15.8 Å². The van der Waals surface area contributed by atoms with Crippen molar-refractivity contribution in [3.05, 3.63) is 94.4 Å². The van der Waals surface area contributed by atoms with Crippen LogP contribution >= 0.6 is 11.3 Å². The molecular formula is C29H31FN4O3S. The lowest BCUT2D eigenvalue weighted by Gasteiger charge is -2.12. The number of amides is 2. The first-order chi connectivity index (χ1) is 18.1. The Morgan fingerprint density at radius 1 is 1.32 bits per heavy atom. The molecule has 1 aromatic carbocycles. The lowest BCUT2D eigenvalue weighted by Crippen LogP contribution is -2.14. The SMILES string of the molecule is C=C(C)/C=C\C=C(\c1nc(NC(=O)Cc2ccc(Oc3ncccc3C(N)=O)c(F)c2)sc1C)[C@H](C)CC. The third-order valence-electron chi connectivity index (χ3n) is 5.72. The van der Waals surface area contributed by atoms with Gasteiger partial charge in [0.15, 0.2) is 16.7 Å². The van der Waals surface area contributed by atoms with Gasteiger partial charge in [0, 0.05) is 11.1 Å². The molecule has 3 rings (SSSR count). The number of allylic oxidation sites excluding steroid dienone is 5. The highest BCUT2D eigenvalue weighted by Crippen LogP contribution is 2.33. The van der Waals surface area contributed by atoms with Crippen LogP contribution in [0.3, 0.4) is 0 Å². The number of nitrogens with one attached hydrogen (secondary N) is 1. The average molecular weight is 535 g/mol. The van der Waals surface area contributed by atoms with Crippen molar-refractivity contribution < 1.29 is 18.7 Å². The van der Waals surface area contributed by atoms with Crippen LogP contribution in [-0.4, -0.2) is 21.8 Å². The molecular weight excluding hydrogens is 503 g/mol. The minimum atomic E-state index is -0.738. The van der Waals surface area contributed by atoms with Gasteiger partial charge in [-0.15, -0.1) is 11.3 Å². The van der Waals surface area contributed by atoms with Crippen molar-refractivity contribution in [3.8, 4) is 11.6 Å². The monoisotopic (exact) mass is 534 g/mol. The number of aryl methyl sites for hydroxylation is 1. The summed E-state index contributed by atoms with van der Waals surface area (Å²) in [6.45, 7) is 12.1. The second-order valence-corrected chi connectivity index (χ2v) is 10.1. The maximum atomic E-state index is 14.7. The zero-order valence-corrected chi connectivity index (χ0v) is 22.7. The number of hydrogen-bond acceptors (Lipinski definition) is 6. The molecule has 198 valence electrons. The molecule has 0 aliphatic rings. The van der Waals surface area contributed by atoms with E-state index >= 15 is 0 Å². The van der Waals surface area contributed by atoms with Crippen LogP contribution in [0.5, 0.6) is 11.6 Å². The van der Waals surface area contributed by atoms with E-state index in [4.69, 9.17) is 10.5 Å². The molecule has 0 aliphatic heterocycles. The molecule has 0 aliphatic carbocycles. The van der Waals surface area contributed by atoms with E-state index in [1.165, 1.54) is 41.8 Å². The molecule has 3 N–H and O–H groups in total. The minimum Gasteiger partial charge on any atom is -0.435 e. The summed E-state index contributed by atoms with van der Waals surface area (Å²) in [5.41, 5.74) is 8.69. The smallest absolute Gasteiger partial charge is 0.254 e. The first kappa shape index (κ1) is 28.5. The molecule has 1 atom stereocenters. The number of aromatic nitrogens is 2. The Morgan fingerprint density at radius 3 is 2.74 bits per heavy atom. The summed E-state index contributed by atoms with van der Waals surface area (Å²) in [7, 11) is 0. The van der Waals surface area contributed by atoms with Crippen molar-refractivity contribution in [2.45, 2.75) is 40.5 Å². The van der Waals surface area contributed by atoms with Crippen LogP contribution in [0.15, 0.2) is 66.9 Å². The molecule has 0 unspecified atom stereocenters. The number of nitrogens with two attached hydrogens (primary N) is 1. The number of ether oxygens (including phenoxy) is 1. The molecule has 0 saturated carbocycles. The third-order valence-corrected chi connectivity index (χ3v) is 6.61. The van der Waals surface area contributed by atoms with Gasteiger partial charge >= 0.3 is 0 Å². The van der Waals surface area contributed by atoms with Crippen LogP contribution in [0, 0.1) is 18.7 Å². The Bertz CT molecular complexity index is 1410. The molecule has 9 heteroatoms. The summed E-state index contributed by atoms with van der Waals surface area (Å²) in [4.78, 5) is 33.9. The Labute approximate surface area is 226 Å². The van der Waals surface area contributed by atoms with Gasteiger partial charge in [-0.2, -0.15) is 0 Å². The number of hydrogen-bond donors (Lipinski definition) is 2. The molecule has 2 aromatic heterocycles. The van der Waals surface area contributed by atoms with Crippen molar-refractivity contribution in [3.63, 3.8) is 0 Å². The van der Waals surface area contributed by atoms with E-state index in [9.17, 15) is 14.0 Å². The number of pyridine rings is 1. The van der Waals surface area contributed by atoms with Gasteiger partial charge in [0.25, 0.3) is 5.91 Å². The summed E-state index contributed by atoms with van der Waals surface area (Å²) < 4.78 is 20.2. The number of anilines is 1. The molecule has 0 fully saturated rings. The van der Waals surface area contributed by atoms with Crippen LogP contribution in [0.4, 0.5) is 9.52 Å². The average Bonchev–Trinajstić information content (AvgIpc) is 3.22. The van der Waals surface area contributed by atoms with Crippen LogP contribution in [0.2, 0.25) is 0 Å². The predicted octanol–water partition coefficient (Wildman–Crippen LogP) is 6.62. The zero-order valence-electron chi connectivity index (χ0n) is 21.9. The topological polar surface area (TPSA) is 107 Å². The van der Waals surface area contributed by atoms with Gasteiger partial charge in [0.2, 0.25) is 11.8 Å². The van der Waals surface area contributed by atoms with Gasteiger partial charge in [-0.05, 0) is 61.6 Å². The largest absolute Gasteiger partial charge is 0.435 e. The first-order valence-electron chi connectivity index (χ1n) is 12.1. The summed E-state index contributed by atoms with van der Waals surface area (Å²) in [6, 6.07) is 7.12. The van der Waals surface area contributed by atoms with Crippen molar-refractivity contribution in [2.24, 2.45) is 11.7 Å². The van der Waals surface area contributed by atoms with Crippen molar-refractivity contribution in [1.29, 1.82) is 0 Å². The van der Waals surface area contributed by atoms with E-state index in [0.717, 1.165) is 28.1 Å². The van der Waals surface area contributed by atoms with Crippen molar-refractivity contribution in [1.82, 2.24) is 9.97 Å². The van der Waals surface area contributed by atoms with Crippen LogP contribution in [-0.2, 0) is 11.2 Å². The Morgan fingerprint density at radius 2 is 2.08 bits per heavy atom. The number of nitrogens with zero attached hydrogens (tertiary/aromatic N) is 2. The molecule has 38 heavy (non-hydrogen) atoms. The maximum Gasteiger partial charge on any atom is 0.254 e. The Kier molecular flexibility index (Phi) is 9.67. The first-order valence-corrected chi connectivity index (χ1v) is 12.9. The number of thiazole rings is 1. The predicted molar refractivity (Wildman–Crippen MR) is 150 cm³/mol. The highest BCUT2D eigenvalue weighted by molar-refractivity contribution is 7.15. The summed E-state index contributed by atoms with van der Waals surface area (Å²) in [5.74, 6) is -1.72. The number of primary amides is 1. The normalized spacial score (nSPS) is 12.4. The summed E-state index contributed by atoms with van der Waals surface area (Å²) in [5, 5.41) is 3.31. The fourth-order valence-electron chi connectivity index (χ4n) is 3.58. The highest BCUT2D eigenvalue weighted by Gasteiger charge is 2.18. The molecule has 0 bridgehead atoms. The van der Waals surface area contributed by atoms with Crippen molar-refractivity contribution >= 4 is 33.9 Å². The molecule has 0 saturated heterocycles. The second kappa shape index (κ2) is 12.9. The lowest BCUT2D eigenvalue weighted by atomic mass is 9.94. The maximum absolute atomic E-state index is 14.7. The summed E-state index contributed by atoms with van der Waals surface area (Å²) in [6.07, 6.45) is 8.24. The van der Waals surface area contributed by atoms with E-state index in [2.05, 4.69) is 35.7 Å². The second-order valence-electron chi connectivity index (χ2n) is 8.87. The molecule has 2 heterocycles. The van der Waals surface area contributed by atoms with Gasteiger partial charge in [0.05, 0.1) is 12.1 Å². The Hall–Kier alpha value is -4.11. The fraction of sp³-hybridized carbons (Fsp3) is 0.241. The van der Waals surface area contributed by atoms with Gasteiger partial charge in [-0.3, -0.25) is 9.59 Å². The van der Waals surface area contributed by atoms with Gasteiger partial charge in [-0.25, -0.2) is 14.4 Å². The van der Waals surface area contributed by atoms with E-state index in [1.807, 2.05) is 32.1 Å². The zero-order chi connectivity index (χ0) is 27.8. The number of carbonyl (C=O) groups excluding carboxylic acids is 2. The van der Waals surface area contributed by atoms with E-state index in [-0.39, 0.29) is 35.4 Å². The highest BCUT2D eigenvalue weighted by atomic mass is 32.1. The summed E-state index contributed by atoms with van der Waals surface area (Å²) >= 11 is 1.40. The number of carbonyl (C=O) groups is 2. The Balaban J connectivity index is 1.72. The van der Waals surface area contributed by atoms with Crippen LogP contribution in [0.1, 0.15) is 53.7 Å². The standard InChI is InChI=1S/C29H31FN4O3S/c1-6-18(4)21(10-7-9-17(2)3)26-19(5)38-29(34-26)33-25(35)16-20-12-13-24(23(30)15-20)37-28-22(27(31)36)11-8-14-32-28/h7-15,18H,2,6,16H2,1,3-5H3,(H2,31,36)(H,33,34,35)/b9-7-,21-10+/t18-/m1/s1. The molecule has 7 nitrogen and oxygen atoms in total. The molecule has 0 radical (unpaired) electrons. The third kappa shape index (κ3) is 7.45. The minimum absolute atomic E-state index is 0.0339. The molecule has 3 aromatic rings. The van der Waals surface area contributed by atoms with E-state index in [0.29, 0.717) is 10.7 Å². The van der Waals surface area contributed by atoms with Gasteiger partial charge in [-0.1, -0.05) is 50.3 Å². The fourth-order valence-corrected chi connectivity index (χ4v) is 4.43. The number of benzene rings is 1. The quantitative estimate of drug-likeness (QED) is 0.269. The number of halogens is 1. The van der Waals surface area contributed by atoms with Gasteiger partial charge < -0.3 is 15.8 Å². The van der Waals surface area contributed by atoms with Crippen LogP contribution in [0.25, 0.3) is 5.57 Å². The van der Waals surface area contributed by atoms with E-state index < -0.39 is 11.7 Å². The van der Waals surface area contributed by atoms with Crippen molar-refractivity contribution in [2.75, 3.05) is 5.32 Å². The molecule has 2 amide bonds. The molecule has 0 spiro atoms. The lowest BCUT2D eigenvalue weighted by molar-refractivity contribution is -0.115. The van der Waals surface area contributed by atoms with Gasteiger partial charge in [0.1, 0.15) is 5.56 Å². The number of rotatable bonds is 11. The van der Waals surface area contributed by atoms with E-state index in [1.54, 1.807) is 6.07 Å².